The van der Waals surface area contributed by atoms with Crippen LogP contribution in [0, 0.1) is 5.82 Å². The second kappa shape index (κ2) is 9.14. The summed E-state index contributed by atoms with van der Waals surface area (Å²) in [5.74, 6) is -1.59. The first-order chi connectivity index (χ1) is 15.5. The summed E-state index contributed by atoms with van der Waals surface area (Å²) in [7, 11) is 0. The Morgan fingerprint density at radius 2 is 1.56 bits per heavy atom. The maximum Gasteiger partial charge on any atom is 0.257 e. The van der Waals surface area contributed by atoms with Crippen LogP contribution in [-0.2, 0) is 20.8 Å². The Balaban J connectivity index is 1.67. The van der Waals surface area contributed by atoms with Gasteiger partial charge in [0.05, 0.1) is 24.6 Å². The van der Waals surface area contributed by atoms with E-state index in [-0.39, 0.29) is 18.7 Å². The standard InChI is InChI=1S/C26H23FN2O3/c1-18(20-10-6-3-7-11-20)28(24(30)16-19-8-4-2-5-9-19)23-17-25(31)29(26(23)32)22-14-12-21(27)13-15-22/h2-15,18,23H,16-17H2,1H3. The summed E-state index contributed by atoms with van der Waals surface area (Å²) in [4.78, 5) is 42.2. The second-order valence-corrected chi connectivity index (χ2v) is 7.81. The van der Waals surface area contributed by atoms with Gasteiger partial charge in [-0.3, -0.25) is 14.4 Å². The molecule has 3 amide bonds. The number of benzene rings is 3. The van der Waals surface area contributed by atoms with Crippen molar-refractivity contribution < 1.29 is 18.8 Å². The first-order valence-corrected chi connectivity index (χ1v) is 10.5. The van der Waals surface area contributed by atoms with Gasteiger partial charge in [0.15, 0.2) is 0 Å². The molecule has 1 heterocycles. The Morgan fingerprint density at radius 3 is 2.19 bits per heavy atom. The number of amides is 3. The van der Waals surface area contributed by atoms with Crippen molar-refractivity contribution in [2.24, 2.45) is 0 Å². The summed E-state index contributed by atoms with van der Waals surface area (Å²) in [6.45, 7) is 1.86. The lowest BCUT2D eigenvalue weighted by Gasteiger charge is -2.34. The van der Waals surface area contributed by atoms with Gasteiger partial charge in [-0.2, -0.15) is 0 Å². The van der Waals surface area contributed by atoms with Gasteiger partial charge in [0.2, 0.25) is 11.8 Å². The van der Waals surface area contributed by atoms with E-state index in [1.54, 1.807) is 0 Å². The molecule has 0 radical (unpaired) electrons. The van der Waals surface area contributed by atoms with E-state index in [2.05, 4.69) is 0 Å². The number of hydrogen-bond acceptors (Lipinski definition) is 3. The SMILES string of the molecule is CC(c1ccccc1)N(C(=O)Cc1ccccc1)C1CC(=O)N(c2ccc(F)cc2)C1=O. The van der Waals surface area contributed by atoms with Crippen LogP contribution in [0.3, 0.4) is 0 Å². The van der Waals surface area contributed by atoms with E-state index in [4.69, 9.17) is 0 Å². The number of anilines is 1. The Labute approximate surface area is 186 Å². The molecule has 0 N–H and O–H groups in total. The molecule has 1 aliphatic heterocycles. The molecule has 4 rings (SSSR count). The molecule has 2 atom stereocenters. The summed E-state index contributed by atoms with van der Waals surface area (Å²) in [6, 6.07) is 22.6. The number of nitrogens with zero attached hydrogens (tertiary/aromatic N) is 2. The van der Waals surface area contributed by atoms with E-state index in [0.29, 0.717) is 5.69 Å². The fourth-order valence-corrected chi connectivity index (χ4v) is 4.11. The van der Waals surface area contributed by atoms with Crippen molar-refractivity contribution in [1.82, 2.24) is 4.90 Å². The maximum atomic E-state index is 13.4. The molecule has 0 aromatic heterocycles. The first kappa shape index (κ1) is 21.4. The number of halogens is 1. The van der Waals surface area contributed by atoms with Crippen LogP contribution in [0.25, 0.3) is 0 Å². The van der Waals surface area contributed by atoms with Crippen LogP contribution < -0.4 is 4.90 Å². The van der Waals surface area contributed by atoms with E-state index in [9.17, 15) is 18.8 Å². The Kier molecular flexibility index (Phi) is 6.12. The monoisotopic (exact) mass is 430 g/mol. The predicted octanol–water partition coefficient (Wildman–Crippen LogP) is 4.29. The predicted molar refractivity (Wildman–Crippen MR) is 119 cm³/mol. The highest BCUT2D eigenvalue weighted by atomic mass is 19.1. The van der Waals surface area contributed by atoms with Gasteiger partial charge in [-0.05, 0) is 42.3 Å². The summed E-state index contributed by atoms with van der Waals surface area (Å²) in [5, 5.41) is 0. The Morgan fingerprint density at radius 1 is 0.969 bits per heavy atom. The summed E-state index contributed by atoms with van der Waals surface area (Å²) in [6.07, 6.45) is 0.000442. The van der Waals surface area contributed by atoms with Crippen molar-refractivity contribution in [3.05, 3.63) is 102 Å². The molecule has 6 heteroatoms. The van der Waals surface area contributed by atoms with Crippen LogP contribution in [0.1, 0.15) is 30.5 Å². The molecule has 0 saturated carbocycles. The zero-order valence-electron chi connectivity index (χ0n) is 17.6. The number of carbonyl (C=O) groups is 3. The number of carbonyl (C=O) groups excluding carboxylic acids is 3. The summed E-state index contributed by atoms with van der Waals surface area (Å²) in [5.41, 5.74) is 2.00. The maximum absolute atomic E-state index is 13.4. The Bertz CT molecular complexity index is 1120. The molecule has 32 heavy (non-hydrogen) atoms. The van der Waals surface area contributed by atoms with Crippen LogP contribution in [-0.4, -0.2) is 28.7 Å². The highest BCUT2D eigenvalue weighted by Crippen LogP contribution is 2.31. The third kappa shape index (κ3) is 4.30. The van der Waals surface area contributed by atoms with Crippen LogP contribution >= 0.6 is 0 Å². The molecular weight excluding hydrogens is 407 g/mol. The summed E-state index contributed by atoms with van der Waals surface area (Å²) >= 11 is 0. The average Bonchev–Trinajstić information content (AvgIpc) is 3.09. The van der Waals surface area contributed by atoms with E-state index in [0.717, 1.165) is 16.0 Å². The van der Waals surface area contributed by atoms with Gasteiger partial charge < -0.3 is 4.90 Å². The van der Waals surface area contributed by atoms with Gasteiger partial charge in [-0.1, -0.05) is 60.7 Å². The van der Waals surface area contributed by atoms with Crippen molar-refractivity contribution in [3.8, 4) is 0 Å². The molecule has 0 aliphatic carbocycles. The molecule has 162 valence electrons. The van der Waals surface area contributed by atoms with Gasteiger partial charge in [-0.15, -0.1) is 0 Å². The van der Waals surface area contributed by atoms with E-state index in [1.165, 1.54) is 29.2 Å². The Hall–Kier alpha value is -3.80. The molecule has 5 nitrogen and oxygen atoms in total. The molecule has 1 fully saturated rings. The molecule has 0 bridgehead atoms. The quantitative estimate of drug-likeness (QED) is 0.548. The van der Waals surface area contributed by atoms with Crippen LogP contribution in [0.4, 0.5) is 10.1 Å². The topological polar surface area (TPSA) is 57.7 Å². The lowest BCUT2D eigenvalue weighted by molar-refractivity contribution is -0.140. The minimum Gasteiger partial charge on any atom is -0.323 e. The fourth-order valence-electron chi connectivity index (χ4n) is 4.11. The van der Waals surface area contributed by atoms with Crippen molar-refractivity contribution in [2.45, 2.75) is 31.8 Å². The van der Waals surface area contributed by atoms with Crippen molar-refractivity contribution in [1.29, 1.82) is 0 Å². The van der Waals surface area contributed by atoms with Gasteiger partial charge in [0.1, 0.15) is 11.9 Å². The molecule has 3 aromatic rings. The lowest BCUT2D eigenvalue weighted by Crippen LogP contribution is -2.47. The molecule has 1 saturated heterocycles. The second-order valence-electron chi connectivity index (χ2n) is 7.81. The molecule has 1 aliphatic rings. The molecule has 2 unspecified atom stereocenters. The first-order valence-electron chi connectivity index (χ1n) is 10.5. The lowest BCUT2D eigenvalue weighted by atomic mass is 10.0. The normalized spacial score (nSPS) is 16.8. The highest BCUT2D eigenvalue weighted by molar-refractivity contribution is 6.23. The van der Waals surface area contributed by atoms with Crippen molar-refractivity contribution >= 4 is 23.4 Å². The zero-order valence-corrected chi connectivity index (χ0v) is 17.6. The zero-order chi connectivity index (χ0) is 22.7. The molecule has 3 aromatic carbocycles. The van der Waals surface area contributed by atoms with Crippen molar-refractivity contribution in [2.75, 3.05) is 4.90 Å². The largest absolute Gasteiger partial charge is 0.323 e. The minimum absolute atomic E-state index is 0.117. The van der Waals surface area contributed by atoms with Gasteiger partial charge in [-0.25, -0.2) is 9.29 Å². The molecular formula is C26H23FN2O3. The van der Waals surface area contributed by atoms with Crippen LogP contribution in [0.5, 0.6) is 0 Å². The van der Waals surface area contributed by atoms with Crippen LogP contribution in [0.15, 0.2) is 84.9 Å². The van der Waals surface area contributed by atoms with Crippen molar-refractivity contribution in [3.63, 3.8) is 0 Å². The van der Waals surface area contributed by atoms with Gasteiger partial charge in [0, 0.05) is 0 Å². The number of hydrogen-bond donors (Lipinski definition) is 0. The average molecular weight is 430 g/mol. The van der Waals surface area contributed by atoms with Gasteiger partial charge >= 0.3 is 0 Å². The van der Waals surface area contributed by atoms with E-state index in [1.807, 2.05) is 67.6 Å². The number of imide groups is 1. The van der Waals surface area contributed by atoms with E-state index < -0.39 is 29.7 Å². The minimum atomic E-state index is -0.932. The summed E-state index contributed by atoms with van der Waals surface area (Å²) < 4.78 is 13.3. The third-order valence-electron chi connectivity index (χ3n) is 5.73. The van der Waals surface area contributed by atoms with E-state index >= 15 is 0 Å². The van der Waals surface area contributed by atoms with Gasteiger partial charge in [0.25, 0.3) is 5.91 Å². The molecule has 0 spiro atoms. The smallest absolute Gasteiger partial charge is 0.257 e. The highest BCUT2D eigenvalue weighted by Gasteiger charge is 2.45. The van der Waals surface area contributed by atoms with Crippen LogP contribution in [0.2, 0.25) is 0 Å². The fraction of sp³-hybridized carbons (Fsp3) is 0.192. The third-order valence-corrected chi connectivity index (χ3v) is 5.73. The number of rotatable bonds is 6.